The number of carbonyl (C=O) groups excluding carboxylic acids is 2. The Morgan fingerprint density at radius 3 is 2.54 bits per heavy atom. The smallest absolute Gasteiger partial charge is 0.254 e. The fraction of sp³-hybridized carbons (Fsp3) is 0.391. The summed E-state index contributed by atoms with van der Waals surface area (Å²) in [5, 5.41) is 3.83. The van der Waals surface area contributed by atoms with Crippen molar-refractivity contribution >= 4 is 23.4 Å². The van der Waals surface area contributed by atoms with Crippen molar-refractivity contribution in [3.8, 4) is 0 Å². The Hall–Kier alpha value is -2.33. The number of amides is 2. The molecule has 3 rings (SSSR count). The van der Waals surface area contributed by atoms with Crippen molar-refractivity contribution in [3.63, 3.8) is 0 Å². The molecule has 4 nitrogen and oxygen atoms in total. The van der Waals surface area contributed by atoms with E-state index in [-0.39, 0.29) is 23.8 Å². The van der Waals surface area contributed by atoms with Gasteiger partial charge in [-0.25, -0.2) is 0 Å². The molecule has 2 aromatic carbocycles. The van der Waals surface area contributed by atoms with Crippen LogP contribution in [-0.4, -0.2) is 35.8 Å². The topological polar surface area (TPSA) is 49.4 Å². The van der Waals surface area contributed by atoms with Gasteiger partial charge in [0, 0.05) is 35.6 Å². The molecule has 5 heteroatoms. The Morgan fingerprint density at radius 1 is 1.14 bits per heavy atom. The molecule has 1 atom stereocenters. The number of piperidine rings is 1. The molecule has 1 fully saturated rings. The van der Waals surface area contributed by atoms with Crippen LogP contribution in [0.15, 0.2) is 48.5 Å². The van der Waals surface area contributed by atoms with E-state index in [1.54, 1.807) is 0 Å². The van der Waals surface area contributed by atoms with E-state index in [4.69, 9.17) is 11.6 Å². The maximum absolute atomic E-state index is 12.7. The van der Waals surface area contributed by atoms with E-state index in [1.165, 1.54) is 0 Å². The van der Waals surface area contributed by atoms with Crippen LogP contribution >= 0.6 is 11.6 Å². The summed E-state index contributed by atoms with van der Waals surface area (Å²) in [6.45, 7) is 5.20. The fourth-order valence-electron chi connectivity index (χ4n) is 3.76. The van der Waals surface area contributed by atoms with E-state index in [1.807, 2.05) is 67.3 Å². The van der Waals surface area contributed by atoms with Gasteiger partial charge in [0.1, 0.15) is 0 Å². The van der Waals surface area contributed by atoms with Gasteiger partial charge in [-0.3, -0.25) is 9.59 Å². The van der Waals surface area contributed by atoms with Crippen LogP contribution in [0, 0.1) is 12.8 Å². The Kier molecular flexibility index (Phi) is 6.74. The van der Waals surface area contributed by atoms with Crippen LogP contribution in [0.3, 0.4) is 0 Å². The Labute approximate surface area is 171 Å². The first-order valence-corrected chi connectivity index (χ1v) is 10.2. The predicted octanol–water partition coefficient (Wildman–Crippen LogP) is 4.25. The number of rotatable bonds is 5. The zero-order chi connectivity index (χ0) is 20.1. The molecule has 0 bridgehead atoms. The molecule has 0 spiro atoms. The fourth-order valence-corrected chi connectivity index (χ4v) is 3.97. The average molecular weight is 399 g/mol. The lowest BCUT2D eigenvalue weighted by Crippen LogP contribution is -2.45. The number of halogens is 1. The van der Waals surface area contributed by atoms with Crippen molar-refractivity contribution in [1.82, 2.24) is 10.2 Å². The third kappa shape index (κ3) is 5.14. The van der Waals surface area contributed by atoms with Crippen molar-refractivity contribution in [2.75, 3.05) is 13.1 Å². The lowest BCUT2D eigenvalue weighted by Gasteiger charge is -2.32. The first kappa shape index (κ1) is 20.4. The second-order valence-corrected chi connectivity index (χ2v) is 8.06. The van der Waals surface area contributed by atoms with Gasteiger partial charge in [0.15, 0.2) is 0 Å². The third-order valence-electron chi connectivity index (χ3n) is 5.35. The molecule has 0 unspecified atom stereocenters. The van der Waals surface area contributed by atoms with Gasteiger partial charge in [-0.1, -0.05) is 41.9 Å². The zero-order valence-electron chi connectivity index (χ0n) is 16.5. The van der Waals surface area contributed by atoms with Crippen LogP contribution in [0.25, 0.3) is 0 Å². The van der Waals surface area contributed by atoms with Gasteiger partial charge in [-0.2, -0.15) is 0 Å². The lowest BCUT2D eigenvalue weighted by atomic mass is 9.94. The molecule has 0 aromatic heterocycles. The summed E-state index contributed by atoms with van der Waals surface area (Å²) in [6, 6.07) is 15.4. The number of carbonyl (C=O) groups is 2. The van der Waals surface area contributed by atoms with Gasteiger partial charge in [0.25, 0.3) is 5.91 Å². The van der Waals surface area contributed by atoms with E-state index < -0.39 is 0 Å². The minimum absolute atomic E-state index is 0.0391. The molecular formula is C23H27ClN2O2. The van der Waals surface area contributed by atoms with E-state index in [0.717, 1.165) is 23.1 Å². The second kappa shape index (κ2) is 9.24. The van der Waals surface area contributed by atoms with Crippen LogP contribution in [0.4, 0.5) is 0 Å². The van der Waals surface area contributed by atoms with E-state index in [0.29, 0.717) is 31.0 Å². The molecule has 1 N–H and O–H groups in total. The number of benzene rings is 2. The Morgan fingerprint density at radius 2 is 1.86 bits per heavy atom. The van der Waals surface area contributed by atoms with Gasteiger partial charge >= 0.3 is 0 Å². The van der Waals surface area contributed by atoms with Crippen LogP contribution < -0.4 is 5.32 Å². The summed E-state index contributed by atoms with van der Waals surface area (Å²) < 4.78 is 0. The summed E-state index contributed by atoms with van der Waals surface area (Å²) in [5.41, 5.74) is 2.85. The molecule has 1 aliphatic heterocycles. The van der Waals surface area contributed by atoms with Crippen molar-refractivity contribution in [3.05, 3.63) is 70.2 Å². The summed E-state index contributed by atoms with van der Waals surface area (Å²) in [5.74, 6) is 0.103. The largest absolute Gasteiger partial charge is 0.353 e. The highest BCUT2D eigenvalue weighted by Crippen LogP contribution is 2.21. The van der Waals surface area contributed by atoms with Crippen molar-refractivity contribution in [2.45, 2.75) is 39.2 Å². The quantitative estimate of drug-likeness (QED) is 0.818. The highest BCUT2D eigenvalue weighted by molar-refractivity contribution is 6.30. The van der Waals surface area contributed by atoms with Crippen LogP contribution in [0.2, 0.25) is 5.02 Å². The van der Waals surface area contributed by atoms with Crippen LogP contribution in [-0.2, 0) is 11.2 Å². The van der Waals surface area contributed by atoms with Crippen molar-refractivity contribution < 1.29 is 9.59 Å². The molecule has 2 aromatic rings. The predicted molar refractivity (Wildman–Crippen MR) is 113 cm³/mol. The first-order chi connectivity index (χ1) is 13.4. The first-order valence-electron chi connectivity index (χ1n) is 9.84. The standard InChI is InChI=1S/C23H27ClN2O2/c1-16-6-3-4-9-21(16)23(28)26-12-10-19(11-13-26)22(27)25-17(2)14-18-7-5-8-20(24)15-18/h3-9,15,17,19H,10-14H2,1-2H3,(H,25,27)/t17-/m0/s1. The highest BCUT2D eigenvalue weighted by Gasteiger charge is 2.28. The van der Waals surface area contributed by atoms with Crippen molar-refractivity contribution in [2.24, 2.45) is 5.92 Å². The zero-order valence-corrected chi connectivity index (χ0v) is 17.2. The highest BCUT2D eigenvalue weighted by atomic mass is 35.5. The maximum atomic E-state index is 12.7. The number of nitrogens with zero attached hydrogens (tertiary/aromatic N) is 1. The molecule has 1 saturated heterocycles. The van der Waals surface area contributed by atoms with Gasteiger partial charge < -0.3 is 10.2 Å². The van der Waals surface area contributed by atoms with Gasteiger partial charge in [0.05, 0.1) is 0 Å². The Bertz CT molecular complexity index is 844. The monoisotopic (exact) mass is 398 g/mol. The van der Waals surface area contributed by atoms with Gasteiger partial charge in [-0.05, 0) is 62.4 Å². The Balaban J connectivity index is 1.49. The lowest BCUT2D eigenvalue weighted by molar-refractivity contribution is -0.126. The molecule has 148 valence electrons. The molecule has 1 heterocycles. The molecule has 2 amide bonds. The molecule has 1 aliphatic rings. The van der Waals surface area contributed by atoms with Crippen LogP contribution in [0.5, 0.6) is 0 Å². The number of likely N-dealkylation sites (tertiary alicyclic amines) is 1. The number of hydrogen-bond donors (Lipinski definition) is 1. The molecule has 0 aliphatic carbocycles. The van der Waals surface area contributed by atoms with Gasteiger partial charge in [-0.15, -0.1) is 0 Å². The summed E-state index contributed by atoms with van der Waals surface area (Å²) >= 11 is 6.03. The molecule has 0 saturated carbocycles. The normalized spacial score (nSPS) is 15.9. The van der Waals surface area contributed by atoms with Crippen molar-refractivity contribution in [1.29, 1.82) is 0 Å². The van der Waals surface area contributed by atoms with Crippen LogP contribution in [0.1, 0.15) is 41.3 Å². The van der Waals surface area contributed by atoms with E-state index in [9.17, 15) is 9.59 Å². The number of nitrogens with one attached hydrogen (secondary N) is 1. The van der Waals surface area contributed by atoms with Gasteiger partial charge in [0.2, 0.25) is 5.91 Å². The number of hydrogen-bond acceptors (Lipinski definition) is 2. The summed E-state index contributed by atoms with van der Waals surface area (Å²) in [4.78, 5) is 27.2. The maximum Gasteiger partial charge on any atom is 0.254 e. The van der Waals surface area contributed by atoms with E-state index >= 15 is 0 Å². The minimum Gasteiger partial charge on any atom is -0.353 e. The average Bonchev–Trinajstić information content (AvgIpc) is 2.68. The van der Waals surface area contributed by atoms with E-state index in [2.05, 4.69) is 5.32 Å². The third-order valence-corrected chi connectivity index (χ3v) is 5.58. The minimum atomic E-state index is -0.0391. The molecule has 0 radical (unpaired) electrons. The summed E-state index contributed by atoms with van der Waals surface area (Å²) in [7, 11) is 0. The number of aryl methyl sites for hydroxylation is 1. The molecule has 28 heavy (non-hydrogen) atoms. The molecular weight excluding hydrogens is 372 g/mol. The SMILES string of the molecule is Cc1ccccc1C(=O)N1CCC(C(=O)N[C@@H](C)Cc2cccc(Cl)c2)CC1. The summed E-state index contributed by atoms with van der Waals surface area (Å²) in [6.07, 6.45) is 2.15. The second-order valence-electron chi connectivity index (χ2n) is 7.63.